The van der Waals surface area contributed by atoms with Gasteiger partial charge in [-0.15, -0.1) is 11.3 Å². The van der Waals surface area contributed by atoms with Gasteiger partial charge in [0.15, 0.2) is 4.96 Å². The number of amides is 1. The number of carbonyl (C=O) groups excluding carboxylic acids is 1. The Hall–Kier alpha value is -2.34. The van der Waals surface area contributed by atoms with Crippen LogP contribution in [0.5, 0.6) is 5.75 Å². The molecule has 5 rings (SSSR count). The van der Waals surface area contributed by atoms with Crippen molar-refractivity contribution in [1.82, 2.24) is 14.7 Å². The van der Waals surface area contributed by atoms with Gasteiger partial charge in [0.2, 0.25) is 0 Å². The van der Waals surface area contributed by atoms with Crippen molar-refractivity contribution in [2.24, 2.45) is 5.92 Å². The number of imidazole rings is 1. The number of hydrogen-bond acceptors (Lipinski definition) is 4. The summed E-state index contributed by atoms with van der Waals surface area (Å²) in [5.74, 6) is 1.63. The van der Waals surface area contributed by atoms with E-state index in [-0.39, 0.29) is 5.91 Å². The molecular formula is C21H23N3O2S. The average Bonchev–Trinajstić information content (AvgIpc) is 3.21. The molecule has 0 bridgehead atoms. The van der Waals surface area contributed by atoms with E-state index < -0.39 is 0 Å². The topological polar surface area (TPSA) is 55.6 Å². The van der Waals surface area contributed by atoms with Crippen molar-refractivity contribution in [1.29, 1.82) is 0 Å². The molecule has 1 aliphatic carbocycles. The van der Waals surface area contributed by atoms with Crippen molar-refractivity contribution in [2.75, 3.05) is 0 Å². The van der Waals surface area contributed by atoms with Gasteiger partial charge in [0.1, 0.15) is 17.5 Å². The molecule has 1 aromatic carbocycles. The van der Waals surface area contributed by atoms with Gasteiger partial charge in [-0.2, -0.15) is 0 Å². The second-order valence-electron chi connectivity index (χ2n) is 7.72. The zero-order valence-corrected chi connectivity index (χ0v) is 16.4. The third-order valence-corrected chi connectivity index (χ3v) is 6.69. The van der Waals surface area contributed by atoms with Gasteiger partial charge in [-0.25, -0.2) is 4.98 Å². The Morgan fingerprint density at radius 1 is 1.37 bits per heavy atom. The lowest BCUT2D eigenvalue weighted by Crippen LogP contribution is -2.30. The molecule has 1 atom stereocenters. The van der Waals surface area contributed by atoms with Gasteiger partial charge in [-0.1, -0.05) is 18.6 Å². The number of aryl methyl sites for hydroxylation is 2. The van der Waals surface area contributed by atoms with Crippen LogP contribution in [0.3, 0.4) is 0 Å². The molecule has 0 radical (unpaired) electrons. The van der Waals surface area contributed by atoms with E-state index >= 15 is 0 Å². The van der Waals surface area contributed by atoms with E-state index in [1.54, 1.807) is 11.3 Å². The van der Waals surface area contributed by atoms with E-state index in [0.717, 1.165) is 39.2 Å². The SMILES string of the molecule is Cc1cn2c(C(=O)NCc3ccc4c(c3)OC(C3CCC3)C4)c(C)nc2s1. The van der Waals surface area contributed by atoms with Crippen LogP contribution < -0.4 is 10.1 Å². The van der Waals surface area contributed by atoms with Gasteiger partial charge < -0.3 is 10.1 Å². The summed E-state index contributed by atoms with van der Waals surface area (Å²) >= 11 is 1.60. The van der Waals surface area contributed by atoms with E-state index in [9.17, 15) is 4.79 Å². The van der Waals surface area contributed by atoms with Crippen LogP contribution in [0.2, 0.25) is 0 Å². The fraction of sp³-hybridized carbons (Fsp3) is 0.429. The maximum atomic E-state index is 12.7. The molecule has 0 saturated heterocycles. The minimum atomic E-state index is -0.0911. The highest BCUT2D eigenvalue weighted by Crippen LogP contribution is 2.39. The Kier molecular flexibility index (Phi) is 3.97. The van der Waals surface area contributed by atoms with Crippen molar-refractivity contribution in [3.63, 3.8) is 0 Å². The Balaban J connectivity index is 1.29. The summed E-state index contributed by atoms with van der Waals surface area (Å²) in [6.45, 7) is 4.39. The fourth-order valence-electron chi connectivity index (χ4n) is 4.09. The summed E-state index contributed by atoms with van der Waals surface area (Å²) in [4.78, 5) is 19.2. The molecule has 5 nitrogen and oxygen atoms in total. The average molecular weight is 382 g/mol. The smallest absolute Gasteiger partial charge is 0.270 e. The van der Waals surface area contributed by atoms with Crippen LogP contribution in [0.15, 0.2) is 24.4 Å². The van der Waals surface area contributed by atoms with Gasteiger partial charge in [0, 0.05) is 24.0 Å². The first-order chi connectivity index (χ1) is 13.1. The van der Waals surface area contributed by atoms with Crippen LogP contribution in [-0.2, 0) is 13.0 Å². The molecule has 3 heterocycles. The fourth-order valence-corrected chi connectivity index (χ4v) is 4.96. The van der Waals surface area contributed by atoms with Crippen LogP contribution in [0.25, 0.3) is 4.96 Å². The number of benzene rings is 1. The van der Waals surface area contributed by atoms with Gasteiger partial charge in [0.25, 0.3) is 5.91 Å². The highest BCUT2D eigenvalue weighted by Gasteiger charge is 2.33. The number of carbonyl (C=O) groups is 1. The lowest BCUT2D eigenvalue weighted by atomic mass is 9.80. The normalized spacial score (nSPS) is 19.0. The molecule has 0 spiro atoms. The van der Waals surface area contributed by atoms with Crippen LogP contribution in [-0.4, -0.2) is 21.4 Å². The molecule has 27 heavy (non-hydrogen) atoms. The summed E-state index contributed by atoms with van der Waals surface area (Å²) in [7, 11) is 0. The number of nitrogens with one attached hydrogen (secondary N) is 1. The number of ether oxygens (including phenoxy) is 1. The lowest BCUT2D eigenvalue weighted by Gasteiger charge is -2.30. The van der Waals surface area contributed by atoms with Crippen LogP contribution >= 0.6 is 11.3 Å². The predicted octanol–water partition coefficient (Wildman–Crippen LogP) is 4.05. The lowest BCUT2D eigenvalue weighted by molar-refractivity contribution is 0.0943. The second-order valence-corrected chi connectivity index (χ2v) is 8.93. The minimum Gasteiger partial charge on any atom is -0.489 e. The number of nitrogens with zero attached hydrogens (tertiary/aromatic N) is 2. The predicted molar refractivity (Wildman–Crippen MR) is 106 cm³/mol. The largest absolute Gasteiger partial charge is 0.489 e. The van der Waals surface area contributed by atoms with Crippen LogP contribution in [0.4, 0.5) is 0 Å². The number of hydrogen-bond donors (Lipinski definition) is 1. The van der Waals surface area contributed by atoms with Gasteiger partial charge in [-0.05, 0) is 49.8 Å². The summed E-state index contributed by atoms with van der Waals surface area (Å²) in [5, 5.41) is 3.04. The molecule has 1 amide bonds. The first kappa shape index (κ1) is 16.8. The molecule has 1 fully saturated rings. The summed E-state index contributed by atoms with van der Waals surface area (Å²) in [5.41, 5.74) is 3.75. The van der Waals surface area contributed by atoms with Crippen molar-refractivity contribution in [3.8, 4) is 5.75 Å². The highest BCUT2D eigenvalue weighted by molar-refractivity contribution is 7.17. The molecule has 1 aliphatic heterocycles. The van der Waals surface area contributed by atoms with E-state index in [2.05, 4.69) is 28.5 Å². The molecule has 140 valence electrons. The summed E-state index contributed by atoms with van der Waals surface area (Å²) in [6.07, 6.45) is 7.27. The van der Waals surface area contributed by atoms with Crippen molar-refractivity contribution in [3.05, 3.63) is 51.8 Å². The molecular weight excluding hydrogens is 358 g/mol. The second kappa shape index (κ2) is 6.37. The van der Waals surface area contributed by atoms with Crippen molar-refractivity contribution >= 4 is 22.2 Å². The Morgan fingerprint density at radius 2 is 2.22 bits per heavy atom. The summed E-state index contributed by atoms with van der Waals surface area (Å²) < 4.78 is 8.07. The van der Waals surface area contributed by atoms with E-state index in [4.69, 9.17) is 4.74 Å². The highest BCUT2D eigenvalue weighted by atomic mass is 32.1. The number of fused-ring (bicyclic) bond motifs is 2. The number of thiazole rings is 1. The minimum absolute atomic E-state index is 0.0911. The quantitative estimate of drug-likeness (QED) is 0.742. The molecule has 2 aromatic heterocycles. The molecule has 1 saturated carbocycles. The maximum absolute atomic E-state index is 12.7. The molecule has 1 unspecified atom stereocenters. The van der Waals surface area contributed by atoms with E-state index in [1.165, 1.54) is 24.8 Å². The first-order valence-electron chi connectivity index (χ1n) is 9.60. The van der Waals surface area contributed by atoms with Crippen molar-refractivity contribution in [2.45, 2.75) is 52.2 Å². The van der Waals surface area contributed by atoms with E-state index in [1.807, 2.05) is 24.4 Å². The third kappa shape index (κ3) is 2.92. The van der Waals surface area contributed by atoms with Crippen molar-refractivity contribution < 1.29 is 9.53 Å². The Bertz CT molecular complexity index is 1030. The van der Waals surface area contributed by atoms with E-state index in [0.29, 0.717) is 18.3 Å². The Morgan fingerprint density at radius 3 is 3.00 bits per heavy atom. The van der Waals surface area contributed by atoms with Gasteiger partial charge >= 0.3 is 0 Å². The van der Waals surface area contributed by atoms with Crippen LogP contribution in [0, 0.1) is 19.8 Å². The van der Waals surface area contributed by atoms with Gasteiger partial charge in [0.05, 0.1) is 5.69 Å². The first-order valence-corrected chi connectivity index (χ1v) is 10.4. The molecule has 2 aliphatic rings. The molecule has 1 N–H and O–H groups in total. The number of rotatable bonds is 4. The maximum Gasteiger partial charge on any atom is 0.270 e. The zero-order valence-electron chi connectivity index (χ0n) is 15.6. The summed E-state index contributed by atoms with van der Waals surface area (Å²) in [6, 6.07) is 6.33. The number of aromatic nitrogens is 2. The molecule has 3 aromatic rings. The monoisotopic (exact) mass is 381 g/mol. The van der Waals surface area contributed by atoms with Gasteiger partial charge in [-0.3, -0.25) is 9.20 Å². The van der Waals surface area contributed by atoms with Crippen LogP contribution in [0.1, 0.15) is 51.4 Å². The molecule has 6 heteroatoms. The standard InChI is InChI=1S/C21H23N3O2S/c1-12-11-24-19(13(2)23-21(24)27-12)20(25)22-10-14-6-7-16-9-18(15-4-3-5-15)26-17(16)8-14/h6-8,11,15,18H,3-5,9-10H2,1-2H3,(H,22,25). The Labute approximate surface area is 162 Å². The third-order valence-electron chi connectivity index (χ3n) is 5.79. The zero-order chi connectivity index (χ0) is 18.5.